The average molecular weight is 774 g/mol. The number of nitrogens with two attached hydrogens (primary N) is 1. The van der Waals surface area contributed by atoms with Crippen LogP contribution in [0.4, 0.5) is 11.5 Å². The minimum absolute atomic E-state index is 0.0141. The molecule has 2 fully saturated rings. The molecule has 286 valence electrons. The number of benzene rings is 2. The van der Waals surface area contributed by atoms with Crippen molar-refractivity contribution in [2.45, 2.75) is 65.3 Å². The first-order chi connectivity index (χ1) is 25.7. The molecule has 4 aromatic rings. The van der Waals surface area contributed by atoms with Gasteiger partial charge in [-0.25, -0.2) is 4.98 Å². The number of rotatable bonds is 10. The minimum atomic E-state index is -0.898. The summed E-state index contributed by atoms with van der Waals surface area (Å²) in [5.41, 5.74) is 12.8. The number of halogens is 1. The fraction of sp³-hybridized carbons (Fsp3) is 0.436. The second kappa shape index (κ2) is 16.4. The van der Waals surface area contributed by atoms with Gasteiger partial charge in [-0.1, -0.05) is 68.8 Å². The van der Waals surface area contributed by atoms with Crippen LogP contribution >= 0.6 is 22.9 Å². The number of carbonyl (C=O) groups is 3. The van der Waals surface area contributed by atoms with E-state index in [2.05, 4.69) is 35.6 Å². The molecule has 2 aliphatic heterocycles. The number of aromatic nitrogens is 3. The van der Waals surface area contributed by atoms with Gasteiger partial charge < -0.3 is 31.3 Å². The summed E-state index contributed by atoms with van der Waals surface area (Å²) >= 11 is 7.60. The number of nitrogens with one attached hydrogen (secondary N) is 2. The Kier molecular flexibility index (Phi) is 11.9. The number of piperazine rings is 1. The highest BCUT2D eigenvalue weighted by atomic mass is 35.5. The lowest BCUT2D eigenvalue weighted by Gasteiger charge is -2.37. The zero-order chi connectivity index (χ0) is 38.7. The Balaban J connectivity index is 1.03. The quantitative estimate of drug-likeness (QED) is 0.182. The Bertz CT molecular complexity index is 1960. The van der Waals surface area contributed by atoms with Crippen molar-refractivity contribution < 1.29 is 19.5 Å². The van der Waals surface area contributed by atoms with Gasteiger partial charge in [-0.2, -0.15) is 0 Å². The van der Waals surface area contributed by atoms with Crippen molar-refractivity contribution in [1.29, 1.82) is 0 Å². The highest BCUT2D eigenvalue weighted by molar-refractivity contribution is 7.13. The van der Waals surface area contributed by atoms with Crippen LogP contribution in [-0.4, -0.2) is 105 Å². The molecule has 13 nitrogen and oxygen atoms in total. The smallest absolute Gasteiger partial charge is 0.246 e. The summed E-state index contributed by atoms with van der Waals surface area (Å²) in [5.74, 6) is -0.688. The van der Waals surface area contributed by atoms with Crippen LogP contribution in [-0.2, 0) is 14.4 Å². The van der Waals surface area contributed by atoms with Crippen molar-refractivity contribution in [2.24, 2.45) is 5.41 Å². The molecule has 2 aromatic carbocycles. The van der Waals surface area contributed by atoms with E-state index >= 15 is 0 Å². The highest BCUT2D eigenvalue weighted by Crippen LogP contribution is 2.31. The molecule has 15 heteroatoms. The van der Waals surface area contributed by atoms with Crippen LogP contribution < -0.4 is 21.3 Å². The highest BCUT2D eigenvalue weighted by Gasteiger charge is 2.44. The van der Waals surface area contributed by atoms with Gasteiger partial charge in [0.1, 0.15) is 12.1 Å². The lowest BCUT2D eigenvalue weighted by Crippen LogP contribution is -2.59. The van der Waals surface area contributed by atoms with E-state index in [9.17, 15) is 19.5 Å². The van der Waals surface area contributed by atoms with Crippen molar-refractivity contribution in [1.82, 2.24) is 35.6 Å². The van der Waals surface area contributed by atoms with Crippen LogP contribution in [0.5, 0.6) is 0 Å². The number of nitrogen functional groups attached to an aromatic ring is 1. The van der Waals surface area contributed by atoms with Crippen LogP contribution in [0, 0.1) is 12.3 Å². The molecule has 2 aromatic heterocycles. The Hall–Kier alpha value is -4.63. The molecule has 4 heterocycles. The summed E-state index contributed by atoms with van der Waals surface area (Å²) in [5, 5.41) is 24.6. The molecule has 0 bridgehead atoms. The number of β-amino-alcohol motifs (C(OH)–C–C–N with tert-alkyl or cyclic N) is 1. The fourth-order valence-electron chi connectivity index (χ4n) is 7.05. The van der Waals surface area contributed by atoms with Crippen LogP contribution in [0.2, 0.25) is 5.15 Å². The minimum Gasteiger partial charge on any atom is -0.391 e. The molecule has 2 aliphatic rings. The zero-order valence-electron chi connectivity index (χ0n) is 31.3. The monoisotopic (exact) mass is 773 g/mol. The number of aryl methyl sites for hydroxylation is 1. The van der Waals surface area contributed by atoms with E-state index in [1.807, 2.05) is 88.7 Å². The van der Waals surface area contributed by atoms with Gasteiger partial charge in [-0.3, -0.25) is 19.3 Å². The number of thiazole rings is 1. The average Bonchev–Trinajstić information content (AvgIpc) is 3.76. The first kappa shape index (κ1) is 39.1. The third-order valence-electron chi connectivity index (χ3n) is 10.1. The van der Waals surface area contributed by atoms with Crippen molar-refractivity contribution in [3.63, 3.8) is 0 Å². The predicted molar refractivity (Wildman–Crippen MR) is 212 cm³/mol. The van der Waals surface area contributed by atoms with Crippen LogP contribution in [0.25, 0.3) is 21.6 Å². The Morgan fingerprint density at radius 1 is 1.00 bits per heavy atom. The number of amides is 3. The largest absolute Gasteiger partial charge is 0.391 e. The van der Waals surface area contributed by atoms with Gasteiger partial charge >= 0.3 is 0 Å². The lowest BCUT2D eigenvalue weighted by atomic mass is 9.85. The molecule has 5 N–H and O–H groups in total. The summed E-state index contributed by atoms with van der Waals surface area (Å²) in [7, 11) is 0. The maximum absolute atomic E-state index is 14.1. The molecule has 4 atom stereocenters. The zero-order valence-corrected chi connectivity index (χ0v) is 32.8. The normalized spacial score (nSPS) is 19.0. The molecule has 54 heavy (non-hydrogen) atoms. The SMILES string of the molecule is Cc1ncsc1-c1ccc([C@H](C)NC(=O)[C@@H]2C[C@@H](O)CN2C(=O)[C@@H](NC(=O)CN2CCN(c3ccc(-c4cc(Cl)nnc4N)cc3)CC2)C(C)(C)C)cc1. The number of aliphatic hydroxyl groups excluding tert-OH is 1. The number of nitrogens with zero attached hydrogens (tertiary/aromatic N) is 6. The molecular weight excluding hydrogens is 726 g/mol. The molecule has 0 saturated carbocycles. The third kappa shape index (κ3) is 9.00. The number of aliphatic hydroxyl groups is 1. The van der Waals surface area contributed by atoms with E-state index in [0.29, 0.717) is 18.9 Å². The molecular formula is C39H48ClN9O4S. The number of hydrogen-bond acceptors (Lipinski definition) is 11. The summed E-state index contributed by atoms with van der Waals surface area (Å²) in [6, 6.07) is 15.6. The van der Waals surface area contributed by atoms with Gasteiger partial charge in [0.05, 0.1) is 34.8 Å². The van der Waals surface area contributed by atoms with Crippen molar-refractivity contribution in [3.05, 3.63) is 76.5 Å². The number of carbonyl (C=O) groups excluding carboxylic acids is 3. The first-order valence-corrected chi connectivity index (χ1v) is 19.4. The summed E-state index contributed by atoms with van der Waals surface area (Å²) in [6.07, 6.45) is -0.732. The van der Waals surface area contributed by atoms with Crippen LogP contribution in [0.1, 0.15) is 51.4 Å². The molecule has 0 aliphatic carbocycles. The summed E-state index contributed by atoms with van der Waals surface area (Å²) < 4.78 is 0. The second-order valence-corrected chi connectivity index (χ2v) is 16.4. The van der Waals surface area contributed by atoms with Crippen LogP contribution in [0.15, 0.2) is 60.1 Å². The maximum atomic E-state index is 14.1. The molecule has 2 saturated heterocycles. The van der Waals surface area contributed by atoms with Gasteiger partial charge in [0.2, 0.25) is 17.7 Å². The van der Waals surface area contributed by atoms with Crippen molar-refractivity contribution in [3.8, 4) is 21.6 Å². The second-order valence-electron chi connectivity index (χ2n) is 15.2. The number of anilines is 2. The van der Waals surface area contributed by atoms with E-state index in [1.165, 1.54) is 4.90 Å². The van der Waals surface area contributed by atoms with Crippen LogP contribution in [0.3, 0.4) is 0 Å². The fourth-order valence-corrected chi connectivity index (χ4v) is 8.01. The standard InChI is InChI=1S/C39H48ClN9O4S/c1-23(25-6-8-27(9-7-25)34-24(2)42-22-54-34)43-37(52)31-18-29(50)20-49(31)38(53)35(39(3,4)5)44-33(51)21-47-14-16-48(17-15-47)28-12-10-26(11-13-28)30-19-32(40)45-46-36(30)41/h6-13,19,22-23,29,31,35,50H,14-18,20-21H2,1-5H3,(H2,41,46)(H,43,52)(H,44,51)/t23-,29+,31-,35+/m0/s1. The van der Waals surface area contributed by atoms with Crippen molar-refractivity contribution >= 4 is 52.2 Å². The van der Waals surface area contributed by atoms with Gasteiger partial charge in [-0.05, 0) is 54.2 Å². The molecule has 3 amide bonds. The van der Waals surface area contributed by atoms with Gasteiger partial charge in [0, 0.05) is 50.4 Å². The van der Waals surface area contributed by atoms with Gasteiger partial charge in [0.15, 0.2) is 11.0 Å². The van der Waals surface area contributed by atoms with Gasteiger partial charge in [-0.15, -0.1) is 21.5 Å². The Labute approximate surface area is 324 Å². The summed E-state index contributed by atoms with van der Waals surface area (Å²) in [6.45, 7) is 12.4. The molecule has 6 rings (SSSR count). The van der Waals surface area contributed by atoms with Crippen molar-refractivity contribution in [2.75, 3.05) is 49.9 Å². The van der Waals surface area contributed by atoms with E-state index in [-0.39, 0.29) is 48.4 Å². The first-order valence-electron chi connectivity index (χ1n) is 18.1. The van der Waals surface area contributed by atoms with E-state index in [4.69, 9.17) is 17.3 Å². The number of likely N-dealkylation sites (tertiary alicyclic amines) is 1. The third-order valence-corrected chi connectivity index (χ3v) is 11.3. The van der Waals surface area contributed by atoms with E-state index in [0.717, 1.165) is 51.6 Å². The van der Waals surface area contributed by atoms with E-state index in [1.54, 1.807) is 17.4 Å². The molecule has 0 unspecified atom stereocenters. The Morgan fingerprint density at radius 3 is 2.30 bits per heavy atom. The predicted octanol–water partition coefficient (Wildman–Crippen LogP) is 4.30. The molecule has 0 spiro atoms. The number of hydrogen-bond donors (Lipinski definition) is 4. The Morgan fingerprint density at radius 2 is 1.67 bits per heavy atom. The maximum Gasteiger partial charge on any atom is 0.246 e. The van der Waals surface area contributed by atoms with Gasteiger partial charge in [0.25, 0.3) is 0 Å². The topological polar surface area (TPSA) is 170 Å². The van der Waals surface area contributed by atoms with E-state index < -0.39 is 23.6 Å². The summed E-state index contributed by atoms with van der Waals surface area (Å²) in [4.78, 5) is 52.4. The molecule has 0 radical (unpaired) electrons. The lowest BCUT2D eigenvalue weighted by molar-refractivity contribution is -0.144.